The number of nitrogens with one attached hydrogen (secondary N) is 1. The summed E-state index contributed by atoms with van der Waals surface area (Å²) in [6.45, 7) is 3.69. The van der Waals surface area contributed by atoms with Crippen molar-refractivity contribution in [3.63, 3.8) is 0 Å². The fourth-order valence-electron chi connectivity index (χ4n) is 1.83. The highest BCUT2D eigenvalue weighted by Gasteiger charge is 2.37. The first-order valence-electron chi connectivity index (χ1n) is 7.67. The first-order valence-corrected chi connectivity index (χ1v) is 8.65. The Bertz CT molecular complexity index is 569. The topological polar surface area (TPSA) is 49.3 Å². The molecule has 1 aromatic rings. The van der Waals surface area contributed by atoms with Crippen molar-refractivity contribution in [2.75, 3.05) is 12.3 Å². The lowest BCUT2D eigenvalue weighted by Gasteiger charge is -2.24. The second kappa shape index (κ2) is 9.13. The maximum Gasteiger partial charge on any atom is 0.471 e. The number of hydrogen-bond donors (Lipinski definition) is 2. The van der Waals surface area contributed by atoms with E-state index in [1.807, 2.05) is 38.1 Å². The fourth-order valence-corrected chi connectivity index (χ4v) is 3.06. The summed E-state index contributed by atoms with van der Waals surface area (Å²) in [6, 6.07) is 7.46. The van der Waals surface area contributed by atoms with Gasteiger partial charge in [-0.1, -0.05) is 38.1 Å². The smallest absolute Gasteiger partial charge is 0.389 e. The minimum absolute atomic E-state index is 0.193. The molecule has 2 N–H and O–H groups in total. The Labute approximate surface area is 144 Å². The summed E-state index contributed by atoms with van der Waals surface area (Å²) in [4.78, 5) is 11.6. The lowest BCUT2D eigenvalue weighted by atomic mass is 10.0. The molecule has 0 aliphatic heterocycles. The number of thioether (sulfide) groups is 1. The molecule has 0 aliphatic rings. The summed E-state index contributed by atoms with van der Waals surface area (Å²) in [7, 11) is 0. The van der Waals surface area contributed by atoms with Gasteiger partial charge in [0.1, 0.15) is 0 Å². The van der Waals surface area contributed by atoms with Gasteiger partial charge in [0.25, 0.3) is 0 Å². The van der Waals surface area contributed by atoms with Gasteiger partial charge >= 0.3 is 12.1 Å². The van der Waals surface area contributed by atoms with Crippen molar-refractivity contribution in [2.24, 2.45) is 0 Å². The number of carbonyl (C=O) groups is 1. The van der Waals surface area contributed by atoms with Crippen LogP contribution in [0.1, 0.15) is 32.3 Å². The van der Waals surface area contributed by atoms with Crippen LogP contribution in [0.15, 0.2) is 35.2 Å². The molecule has 0 unspecified atom stereocenters. The summed E-state index contributed by atoms with van der Waals surface area (Å²) in [5.41, 5.74) is 0.121. The zero-order chi connectivity index (χ0) is 18.2. The largest absolute Gasteiger partial charge is 0.471 e. The van der Waals surface area contributed by atoms with E-state index in [0.29, 0.717) is 18.6 Å². The van der Waals surface area contributed by atoms with Gasteiger partial charge in [-0.15, -0.1) is 11.8 Å². The standard InChI is InChI=1S/C17H22F3NO2S/c1-3-16(23,4-2)12-24-14-9-5-7-13(11-14)8-6-10-21-15(22)17(18,19)20/h5-9,11,23H,3-4,10,12H2,1-2H3,(H,21,22)/b8-6+. The van der Waals surface area contributed by atoms with Crippen molar-refractivity contribution in [2.45, 2.75) is 43.4 Å². The van der Waals surface area contributed by atoms with E-state index in [0.717, 1.165) is 10.5 Å². The molecule has 1 amide bonds. The number of hydrogen-bond acceptors (Lipinski definition) is 3. The zero-order valence-electron chi connectivity index (χ0n) is 13.7. The number of rotatable bonds is 8. The molecule has 0 saturated carbocycles. The maximum atomic E-state index is 12.0. The quantitative estimate of drug-likeness (QED) is 0.688. The Morgan fingerprint density at radius 2 is 1.96 bits per heavy atom. The van der Waals surface area contributed by atoms with E-state index in [9.17, 15) is 23.1 Å². The highest BCUT2D eigenvalue weighted by atomic mass is 32.2. The van der Waals surface area contributed by atoms with Gasteiger partial charge in [0.05, 0.1) is 5.60 Å². The van der Waals surface area contributed by atoms with Crippen LogP contribution in [-0.2, 0) is 4.79 Å². The summed E-state index contributed by atoms with van der Waals surface area (Å²) in [5.74, 6) is -1.37. The predicted molar refractivity (Wildman–Crippen MR) is 90.8 cm³/mol. The van der Waals surface area contributed by atoms with Gasteiger partial charge in [0, 0.05) is 17.2 Å². The van der Waals surface area contributed by atoms with Gasteiger partial charge in [-0.3, -0.25) is 4.79 Å². The minimum atomic E-state index is -4.86. The van der Waals surface area contributed by atoms with Crippen molar-refractivity contribution in [1.82, 2.24) is 5.32 Å². The fraction of sp³-hybridized carbons (Fsp3) is 0.471. The average Bonchev–Trinajstić information content (AvgIpc) is 2.56. The van der Waals surface area contributed by atoms with Gasteiger partial charge in [-0.05, 0) is 30.5 Å². The van der Waals surface area contributed by atoms with Crippen molar-refractivity contribution in [3.8, 4) is 0 Å². The van der Waals surface area contributed by atoms with Crippen LogP contribution < -0.4 is 5.32 Å². The summed E-state index contributed by atoms with van der Waals surface area (Å²) < 4.78 is 36.1. The highest BCUT2D eigenvalue weighted by Crippen LogP contribution is 2.27. The molecule has 0 fully saturated rings. The second-order valence-electron chi connectivity index (χ2n) is 5.40. The summed E-state index contributed by atoms with van der Waals surface area (Å²) in [6.07, 6.45) is -0.405. The molecule has 0 atom stereocenters. The Morgan fingerprint density at radius 3 is 2.54 bits per heavy atom. The van der Waals surface area contributed by atoms with Crippen LogP contribution in [0.3, 0.4) is 0 Å². The number of aliphatic hydroxyl groups is 1. The van der Waals surface area contributed by atoms with E-state index in [4.69, 9.17) is 0 Å². The summed E-state index contributed by atoms with van der Waals surface area (Å²) in [5, 5.41) is 12.1. The second-order valence-corrected chi connectivity index (χ2v) is 6.45. The Morgan fingerprint density at radius 1 is 1.29 bits per heavy atom. The first kappa shape index (κ1) is 20.6. The number of halogens is 3. The Kier molecular flexibility index (Phi) is 7.83. The number of carbonyl (C=O) groups excluding carboxylic acids is 1. The molecule has 7 heteroatoms. The van der Waals surface area contributed by atoms with Gasteiger partial charge in [0.15, 0.2) is 0 Å². The molecule has 1 rings (SSSR count). The van der Waals surface area contributed by atoms with Crippen LogP contribution in [-0.4, -0.2) is 35.1 Å². The predicted octanol–water partition coefficient (Wildman–Crippen LogP) is 4.02. The van der Waals surface area contributed by atoms with Crippen LogP contribution in [0.4, 0.5) is 13.2 Å². The molecule has 0 bridgehead atoms. The molecule has 134 valence electrons. The molecular formula is C17H22F3NO2S. The van der Waals surface area contributed by atoms with Crippen molar-refractivity contribution >= 4 is 23.7 Å². The van der Waals surface area contributed by atoms with Crippen molar-refractivity contribution in [3.05, 3.63) is 35.9 Å². The van der Waals surface area contributed by atoms with Crippen LogP contribution in [0.5, 0.6) is 0 Å². The highest BCUT2D eigenvalue weighted by molar-refractivity contribution is 7.99. The SMILES string of the molecule is CCC(O)(CC)CSc1cccc(/C=C/CNC(=O)C(F)(F)F)c1. The van der Waals surface area contributed by atoms with Crippen LogP contribution in [0.2, 0.25) is 0 Å². The zero-order valence-corrected chi connectivity index (χ0v) is 14.5. The molecule has 0 aliphatic carbocycles. The molecular weight excluding hydrogens is 339 g/mol. The molecule has 24 heavy (non-hydrogen) atoms. The minimum Gasteiger partial charge on any atom is -0.389 e. The molecule has 3 nitrogen and oxygen atoms in total. The number of benzene rings is 1. The van der Waals surface area contributed by atoms with Crippen LogP contribution in [0, 0.1) is 0 Å². The molecule has 0 aromatic heterocycles. The Hall–Kier alpha value is -1.47. The lowest BCUT2D eigenvalue weighted by molar-refractivity contribution is -0.173. The van der Waals surface area contributed by atoms with Gasteiger partial charge in [0.2, 0.25) is 0 Å². The van der Waals surface area contributed by atoms with E-state index in [2.05, 4.69) is 0 Å². The normalized spacial score (nSPS) is 12.6. The molecule has 0 spiro atoms. The van der Waals surface area contributed by atoms with Crippen LogP contribution >= 0.6 is 11.8 Å². The van der Waals surface area contributed by atoms with E-state index < -0.39 is 17.7 Å². The van der Waals surface area contributed by atoms with Crippen molar-refractivity contribution in [1.29, 1.82) is 0 Å². The lowest BCUT2D eigenvalue weighted by Crippen LogP contribution is -2.36. The van der Waals surface area contributed by atoms with E-state index in [-0.39, 0.29) is 6.54 Å². The van der Waals surface area contributed by atoms with E-state index >= 15 is 0 Å². The number of amides is 1. The monoisotopic (exact) mass is 361 g/mol. The molecule has 0 radical (unpaired) electrons. The molecule has 0 heterocycles. The Balaban J connectivity index is 2.56. The molecule has 0 saturated heterocycles. The van der Waals surface area contributed by atoms with Gasteiger partial charge < -0.3 is 10.4 Å². The van der Waals surface area contributed by atoms with Gasteiger partial charge in [-0.2, -0.15) is 13.2 Å². The number of alkyl halides is 3. The van der Waals surface area contributed by atoms with E-state index in [1.165, 1.54) is 17.8 Å². The average molecular weight is 361 g/mol. The van der Waals surface area contributed by atoms with E-state index in [1.54, 1.807) is 11.4 Å². The molecule has 1 aromatic carbocycles. The summed E-state index contributed by atoms with van der Waals surface area (Å²) >= 11 is 1.54. The van der Waals surface area contributed by atoms with Gasteiger partial charge in [-0.25, -0.2) is 0 Å². The van der Waals surface area contributed by atoms with Crippen molar-refractivity contribution < 1.29 is 23.1 Å². The third kappa shape index (κ3) is 6.97. The first-order chi connectivity index (χ1) is 11.2. The third-order valence-corrected chi connectivity index (χ3v) is 4.90. The van der Waals surface area contributed by atoms with Crippen LogP contribution in [0.25, 0.3) is 6.08 Å². The third-order valence-electron chi connectivity index (χ3n) is 3.63. The maximum absolute atomic E-state index is 12.0.